The summed E-state index contributed by atoms with van der Waals surface area (Å²) in [5.74, 6) is 1.04. The van der Waals surface area contributed by atoms with Crippen LogP contribution in [0.3, 0.4) is 0 Å². The molecule has 0 fully saturated rings. The van der Waals surface area contributed by atoms with Crippen molar-refractivity contribution < 1.29 is 55.4 Å². The number of rotatable bonds is 5. The minimum absolute atomic E-state index is 0. The van der Waals surface area contributed by atoms with E-state index >= 15 is 0 Å². The van der Waals surface area contributed by atoms with Crippen molar-refractivity contribution in [3.05, 3.63) is 39.8 Å². The summed E-state index contributed by atoms with van der Waals surface area (Å²) in [4.78, 5) is 0. The van der Waals surface area contributed by atoms with E-state index in [0.717, 1.165) is 18.6 Å². The van der Waals surface area contributed by atoms with Gasteiger partial charge in [-0.2, -0.15) is 0 Å². The van der Waals surface area contributed by atoms with Crippen LogP contribution in [-0.2, 0) is 26.2 Å². The molecule has 0 saturated heterocycles. The first-order chi connectivity index (χ1) is 11.4. The molecule has 1 aliphatic carbocycles. The van der Waals surface area contributed by atoms with E-state index < -0.39 is 8.32 Å². The molecule has 1 aromatic rings. The Kier molecular flexibility index (Phi) is 12.3. The predicted octanol–water partition coefficient (Wildman–Crippen LogP) is -1.52. The van der Waals surface area contributed by atoms with Gasteiger partial charge in [0.2, 0.25) is 8.32 Å². The Balaban J connectivity index is 0. The second-order valence-corrected chi connectivity index (χ2v) is 13.5. The van der Waals surface area contributed by atoms with Gasteiger partial charge in [0.15, 0.2) is 0 Å². The SMILES string of the molecule is CCCC(C)=c1c(O[Si](C)(C)C)ccc2c1=C(NC(C)(C)C)C(C)=[C-]2.[Cl-].[Cl-].[Zr+3]. The van der Waals surface area contributed by atoms with Crippen LogP contribution in [0.5, 0.6) is 5.75 Å². The Morgan fingerprint density at radius 2 is 1.71 bits per heavy atom. The van der Waals surface area contributed by atoms with Gasteiger partial charge < -0.3 is 34.6 Å². The summed E-state index contributed by atoms with van der Waals surface area (Å²) in [6.45, 7) is 20.0. The average Bonchev–Trinajstić information content (AvgIpc) is 2.72. The molecule has 6 heteroatoms. The van der Waals surface area contributed by atoms with Crippen LogP contribution in [-0.4, -0.2) is 13.9 Å². The first kappa shape index (κ1) is 30.2. The molecule has 155 valence electrons. The molecule has 0 spiro atoms. The van der Waals surface area contributed by atoms with Crippen LogP contribution < -0.4 is 45.0 Å². The quantitative estimate of drug-likeness (QED) is 0.378. The van der Waals surface area contributed by atoms with Crippen molar-refractivity contribution in [2.45, 2.75) is 79.6 Å². The molecule has 0 bridgehead atoms. The van der Waals surface area contributed by atoms with Gasteiger partial charge in [0.1, 0.15) is 0 Å². The minimum atomic E-state index is -1.69. The van der Waals surface area contributed by atoms with Crippen LogP contribution in [0, 0.1) is 6.08 Å². The second kappa shape index (κ2) is 11.4. The van der Waals surface area contributed by atoms with E-state index in [4.69, 9.17) is 4.43 Å². The van der Waals surface area contributed by atoms with Crippen molar-refractivity contribution in [2.75, 3.05) is 0 Å². The number of hydrogen-bond donors (Lipinski definition) is 1. The first-order valence-electron chi connectivity index (χ1n) is 9.38. The van der Waals surface area contributed by atoms with Crippen LogP contribution in [0.4, 0.5) is 0 Å². The molecule has 2 nitrogen and oxygen atoms in total. The van der Waals surface area contributed by atoms with Crippen LogP contribution in [0.15, 0.2) is 17.7 Å². The van der Waals surface area contributed by atoms with Crippen molar-refractivity contribution in [1.82, 2.24) is 5.32 Å². The molecular weight excluding hydrogens is 484 g/mol. The van der Waals surface area contributed by atoms with Crippen molar-refractivity contribution in [1.29, 1.82) is 0 Å². The average molecular weight is 519 g/mol. The van der Waals surface area contributed by atoms with Crippen molar-refractivity contribution in [3.63, 3.8) is 0 Å². The molecule has 28 heavy (non-hydrogen) atoms. The van der Waals surface area contributed by atoms with Gasteiger partial charge >= 0.3 is 26.2 Å². The molecule has 0 saturated carbocycles. The van der Waals surface area contributed by atoms with Gasteiger partial charge in [-0.1, -0.05) is 37.6 Å². The van der Waals surface area contributed by atoms with E-state index in [9.17, 15) is 0 Å². The minimum Gasteiger partial charge on any atom is -1.00 e. The molecule has 1 N–H and O–H groups in total. The van der Waals surface area contributed by atoms with Gasteiger partial charge in [-0.25, -0.2) is 0 Å². The summed E-state index contributed by atoms with van der Waals surface area (Å²) in [7, 11) is -1.69. The molecule has 0 aromatic heterocycles. The Hall–Kier alpha value is -0.0200. The molecule has 0 aliphatic heterocycles. The van der Waals surface area contributed by atoms with E-state index in [1.807, 2.05) is 0 Å². The molecular formula is C22H34Cl2NOSiZr. The zero-order valence-corrected chi connectivity index (χ0v) is 23.7. The zero-order chi connectivity index (χ0) is 19.0. The fraction of sp³-hybridized carbons (Fsp3) is 0.545. The maximum absolute atomic E-state index is 6.48. The largest absolute Gasteiger partial charge is 3.00 e. The van der Waals surface area contributed by atoms with Gasteiger partial charge in [-0.05, 0) is 59.0 Å². The molecule has 0 amide bonds. The maximum atomic E-state index is 6.48. The third-order valence-corrected chi connectivity index (χ3v) is 4.91. The van der Waals surface area contributed by atoms with Crippen LogP contribution >= 0.6 is 0 Å². The number of halogens is 2. The fourth-order valence-electron chi connectivity index (χ4n) is 3.27. The van der Waals surface area contributed by atoms with Gasteiger partial charge in [-0.3, -0.25) is 0 Å². The standard InChI is InChI=1S/C22H34NOSi.2ClH.Zr/c1-10-11-15(2)19-18(24-25(7,8)9)13-12-17-14-16(3)21(20(17)19)23-22(4,5)6;;;/h12-13,23H,10-11H2,1-9H3;2*1H;/q-1;;;+3/p-2. The van der Waals surface area contributed by atoms with E-state index in [1.165, 1.54) is 32.8 Å². The summed E-state index contributed by atoms with van der Waals surface area (Å²) in [5, 5.41) is 6.26. The Morgan fingerprint density at radius 1 is 1.14 bits per heavy atom. The summed E-state index contributed by atoms with van der Waals surface area (Å²) >= 11 is 0. The molecule has 1 aromatic carbocycles. The third kappa shape index (κ3) is 7.67. The molecule has 0 atom stereocenters. The Labute approximate surface area is 204 Å². The molecule has 2 rings (SSSR count). The van der Waals surface area contributed by atoms with Gasteiger partial charge in [0.25, 0.3) is 0 Å². The number of hydrogen-bond acceptors (Lipinski definition) is 2. The fourth-order valence-corrected chi connectivity index (χ4v) is 4.10. The van der Waals surface area contributed by atoms with Gasteiger partial charge in [-0.15, -0.1) is 28.5 Å². The molecule has 1 radical (unpaired) electrons. The molecule has 0 heterocycles. The van der Waals surface area contributed by atoms with Gasteiger partial charge in [0.05, 0.1) is 5.75 Å². The maximum Gasteiger partial charge on any atom is 3.00 e. The van der Waals surface area contributed by atoms with Crippen LogP contribution in [0.25, 0.3) is 11.3 Å². The summed E-state index contributed by atoms with van der Waals surface area (Å²) in [5.41, 5.74) is 4.97. The molecule has 1 aliphatic rings. The van der Waals surface area contributed by atoms with Crippen molar-refractivity contribution in [2.24, 2.45) is 0 Å². The Morgan fingerprint density at radius 3 is 2.18 bits per heavy atom. The normalized spacial score (nSPS) is 14.0. The summed E-state index contributed by atoms with van der Waals surface area (Å²) in [6.07, 6.45) is 5.78. The first-order valence-corrected chi connectivity index (χ1v) is 12.8. The smallest absolute Gasteiger partial charge is 1.00 e. The van der Waals surface area contributed by atoms with Crippen LogP contribution in [0.1, 0.15) is 59.9 Å². The Bertz CT molecular complexity index is 821. The van der Waals surface area contributed by atoms with E-state index in [-0.39, 0.29) is 56.6 Å². The zero-order valence-electron chi connectivity index (χ0n) is 18.7. The summed E-state index contributed by atoms with van der Waals surface area (Å²) < 4.78 is 6.48. The van der Waals surface area contributed by atoms with E-state index in [2.05, 4.69) is 84.7 Å². The number of benzene rings is 1. The summed E-state index contributed by atoms with van der Waals surface area (Å²) in [6, 6.07) is 4.31. The second-order valence-electron chi connectivity index (χ2n) is 9.11. The van der Waals surface area contributed by atoms with E-state index in [0.29, 0.717) is 0 Å². The predicted molar refractivity (Wildman–Crippen MR) is 111 cm³/mol. The monoisotopic (exact) mass is 516 g/mol. The van der Waals surface area contributed by atoms with Crippen LogP contribution in [0.2, 0.25) is 19.6 Å². The van der Waals surface area contributed by atoms with Crippen molar-refractivity contribution in [3.8, 4) is 5.75 Å². The number of fused-ring (bicyclic) bond motifs is 1. The van der Waals surface area contributed by atoms with E-state index in [1.54, 1.807) is 0 Å². The topological polar surface area (TPSA) is 21.3 Å². The van der Waals surface area contributed by atoms with Crippen molar-refractivity contribution >= 4 is 19.6 Å². The number of nitrogens with one attached hydrogen (secondary N) is 1. The third-order valence-electron chi connectivity index (χ3n) is 4.08. The van der Waals surface area contributed by atoms with Gasteiger partial charge in [0, 0.05) is 5.54 Å². The molecule has 0 unspecified atom stereocenters.